The molecule has 3 heterocycles. The largest absolute Gasteiger partial charge is 0.340 e. The summed E-state index contributed by atoms with van der Waals surface area (Å²) in [5.74, 6) is 3.08. The highest BCUT2D eigenvalue weighted by Crippen LogP contribution is 2.26. The Hall–Kier alpha value is -1.95. The fourth-order valence-corrected chi connectivity index (χ4v) is 3.63. The molecule has 0 amide bonds. The van der Waals surface area contributed by atoms with E-state index < -0.39 is 0 Å². The monoisotopic (exact) mass is 385 g/mol. The number of hydrogen-bond acceptors (Lipinski definition) is 4. The summed E-state index contributed by atoms with van der Waals surface area (Å²) < 4.78 is 3.34. The van der Waals surface area contributed by atoms with Crippen LogP contribution in [0.15, 0.2) is 41.3 Å². The topological polar surface area (TPSA) is 46.8 Å². The lowest BCUT2D eigenvalue weighted by Crippen LogP contribution is -2.49. The summed E-state index contributed by atoms with van der Waals surface area (Å²) in [5, 5.41) is 1.06. The maximum absolute atomic E-state index is 4.69. The summed E-state index contributed by atoms with van der Waals surface area (Å²) in [6.45, 7) is 7.39. The van der Waals surface area contributed by atoms with E-state index in [4.69, 9.17) is 4.98 Å². The van der Waals surface area contributed by atoms with Gasteiger partial charge in [-0.2, -0.15) is 0 Å². The molecule has 1 saturated heterocycles. The maximum Gasteiger partial charge on any atom is 0.225 e. The number of rotatable bonds is 4. The molecule has 0 bridgehead atoms. The fraction of sp³-hybridized carbons (Fsp3) is 0.389. The number of imidazole rings is 1. The van der Waals surface area contributed by atoms with Gasteiger partial charge >= 0.3 is 0 Å². The van der Waals surface area contributed by atoms with Crippen molar-refractivity contribution in [3.63, 3.8) is 0 Å². The van der Waals surface area contributed by atoms with Gasteiger partial charge < -0.3 is 9.47 Å². The van der Waals surface area contributed by atoms with Crippen LogP contribution in [0.25, 0.3) is 10.9 Å². The first-order valence-electron chi connectivity index (χ1n) is 8.28. The van der Waals surface area contributed by atoms with Crippen LogP contribution in [0.3, 0.4) is 0 Å². The van der Waals surface area contributed by atoms with Crippen LogP contribution < -0.4 is 4.90 Å². The first kappa shape index (κ1) is 15.6. The molecule has 0 atom stereocenters. The molecule has 1 aliphatic rings. The molecule has 0 radical (unpaired) electrons. The summed E-state index contributed by atoms with van der Waals surface area (Å²) in [4.78, 5) is 15.9. The van der Waals surface area contributed by atoms with Crippen LogP contribution in [0.2, 0.25) is 0 Å². The van der Waals surface area contributed by atoms with E-state index in [-0.39, 0.29) is 0 Å². The Morgan fingerprint density at radius 3 is 2.88 bits per heavy atom. The minimum absolute atomic E-state index is 0.458. The SMILES string of the molecule is CC(C)c1nccn1CC1CN(c2ncc3cc(Br)ccc3n2)C1. The van der Waals surface area contributed by atoms with Crippen molar-refractivity contribution in [3.05, 3.63) is 47.1 Å². The zero-order valence-electron chi connectivity index (χ0n) is 13.9. The summed E-state index contributed by atoms with van der Waals surface area (Å²) in [7, 11) is 0. The molecule has 3 aromatic rings. The van der Waals surface area contributed by atoms with Crippen molar-refractivity contribution in [2.24, 2.45) is 5.92 Å². The summed E-state index contributed by atoms with van der Waals surface area (Å²) in [5.41, 5.74) is 0.989. The van der Waals surface area contributed by atoms with Gasteiger partial charge in [0, 0.05) is 59.9 Å². The summed E-state index contributed by atoms with van der Waals surface area (Å²) in [6.07, 6.45) is 5.89. The molecular weight excluding hydrogens is 366 g/mol. The summed E-state index contributed by atoms with van der Waals surface area (Å²) in [6, 6.07) is 6.09. The molecule has 4 rings (SSSR count). The van der Waals surface area contributed by atoms with Gasteiger partial charge in [-0.25, -0.2) is 15.0 Å². The number of fused-ring (bicyclic) bond motifs is 1. The van der Waals surface area contributed by atoms with E-state index in [1.54, 1.807) is 0 Å². The lowest BCUT2D eigenvalue weighted by atomic mass is 10.0. The van der Waals surface area contributed by atoms with Crippen molar-refractivity contribution in [2.45, 2.75) is 26.3 Å². The first-order valence-corrected chi connectivity index (χ1v) is 9.08. The normalized spacial score (nSPS) is 15.2. The molecule has 0 saturated carbocycles. The minimum atomic E-state index is 0.458. The van der Waals surface area contributed by atoms with Crippen LogP contribution in [0, 0.1) is 5.92 Å². The van der Waals surface area contributed by atoms with Gasteiger partial charge in [0.25, 0.3) is 0 Å². The Morgan fingerprint density at radius 1 is 1.25 bits per heavy atom. The van der Waals surface area contributed by atoms with E-state index >= 15 is 0 Å². The van der Waals surface area contributed by atoms with Gasteiger partial charge in [0.2, 0.25) is 5.95 Å². The zero-order valence-corrected chi connectivity index (χ0v) is 15.4. The van der Waals surface area contributed by atoms with Crippen LogP contribution in [-0.2, 0) is 6.54 Å². The van der Waals surface area contributed by atoms with Crippen molar-refractivity contribution in [1.29, 1.82) is 0 Å². The van der Waals surface area contributed by atoms with Crippen LogP contribution in [0.1, 0.15) is 25.6 Å². The van der Waals surface area contributed by atoms with E-state index in [0.717, 1.165) is 41.0 Å². The van der Waals surface area contributed by atoms with Gasteiger partial charge in [-0.3, -0.25) is 0 Å². The minimum Gasteiger partial charge on any atom is -0.340 e. The van der Waals surface area contributed by atoms with E-state index in [0.29, 0.717) is 11.8 Å². The van der Waals surface area contributed by atoms with Crippen molar-refractivity contribution >= 4 is 32.8 Å². The van der Waals surface area contributed by atoms with E-state index in [1.807, 2.05) is 30.6 Å². The fourth-order valence-electron chi connectivity index (χ4n) is 3.25. The summed E-state index contributed by atoms with van der Waals surface area (Å²) >= 11 is 3.48. The highest BCUT2D eigenvalue weighted by Gasteiger charge is 2.29. The van der Waals surface area contributed by atoms with E-state index in [9.17, 15) is 0 Å². The highest BCUT2D eigenvalue weighted by molar-refractivity contribution is 9.10. The third kappa shape index (κ3) is 2.90. The Labute approximate surface area is 149 Å². The smallest absolute Gasteiger partial charge is 0.225 e. The van der Waals surface area contributed by atoms with Gasteiger partial charge in [-0.1, -0.05) is 29.8 Å². The molecule has 1 aromatic carbocycles. The average Bonchev–Trinajstić information content (AvgIpc) is 2.98. The zero-order chi connectivity index (χ0) is 16.7. The molecule has 1 aliphatic heterocycles. The number of anilines is 1. The van der Waals surface area contributed by atoms with Gasteiger partial charge in [0.05, 0.1) is 5.52 Å². The lowest BCUT2D eigenvalue weighted by Gasteiger charge is -2.39. The van der Waals surface area contributed by atoms with Crippen molar-refractivity contribution < 1.29 is 0 Å². The molecule has 5 nitrogen and oxygen atoms in total. The van der Waals surface area contributed by atoms with Crippen molar-refractivity contribution in [3.8, 4) is 0 Å². The molecule has 1 fully saturated rings. The second-order valence-corrected chi connectivity index (χ2v) is 7.65. The van der Waals surface area contributed by atoms with Crippen LogP contribution >= 0.6 is 15.9 Å². The van der Waals surface area contributed by atoms with Crippen molar-refractivity contribution in [1.82, 2.24) is 19.5 Å². The Balaban J connectivity index is 1.44. The molecule has 0 spiro atoms. The third-order valence-corrected chi connectivity index (χ3v) is 4.98. The van der Waals surface area contributed by atoms with Gasteiger partial charge in [0.15, 0.2) is 0 Å². The van der Waals surface area contributed by atoms with Gasteiger partial charge in [-0.15, -0.1) is 0 Å². The van der Waals surface area contributed by atoms with Gasteiger partial charge in [0.1, 0.15) is 5.82 Å². The molecule has 0 aliphatic carbocycles. The number of hydrogen-bond donors (Lipinski definition) is 0. The molecule has 2 aromatic heterocycles. The highest BCUT2D eigenvalue weighted by atomic mass is 79.9. The number of halogens is 1. The van der Waals surface area contributed by atoms with Crippen LogP contribution in [0.5, 0.6) is 0 Å². The number of aromatic nitrogens is 4. The Morgan fingerprint density at radius 2 is 2.08 bits per heavy atom. The predicted octanol–water partition coefficient (Wildman–Crippen LogP) is 3.85. The Kier molecular flexibility index (Phi) is 4.00. The lowest BCUT2D eigenvalue weighted by molar-refractivity contribution is 0.346. The quantitative estimate of drug-likeness (QED) is 0.684. The molecule has 6 heteroatoms. The predicted molar refractivity (Wildman–Crippen MR) is 99.3 cm³/mol. The molecule has 24 heavy (non-hydrogen) atoms. The number of nitrogens with zero attached hydrogens (tertiary/aromatic N) is 5. The van der Waals surface area contributed by atoms with Gasteiger partial charge in [-0.05, 0) is 18.2 Å². The van der Waals surface area contributed by atoms with Crippen molar-refractivity contribution in [2.75, 3.05) is 18.0 Å². The number of benzene rings is 1. The first-order chi connectivity index (χ1) is 11.6. The standard InChI is InChI=1S/C18H20BrN5/c1-12(2)17-20-5-6-23(17)9-13-10-24(11-13)18-21-8-14-7-15(19)3-4-16(14)22-18/h3-8,12-13H,9-11H2,1-2H3. The third-order valence-electron chi connectivity index (χ3n) is 4.49. The van der Waals surface area contributed by atoms with E-state index in [1.165, 1.54) is 5.82 Å². The van der Waals surface area contributed by atoms with E-state index in [2.05, 4.69) is 55.4 Å². The maximum atomic E-state index is 4.69. The Bertz CT molecular complexity index is 867. The molecule has 0 N–H and O–H groups in total. The molecule has 124 valence electrons. The average molecular weight is 386 g/mol. The second kappa shape index (κ2) is 6.16. The van der Waals surface area contributed by atoms with Crippen LogP contribution in [0.4, 0.5) is 5.95 Å². The second-order valence-electron chi connectivity index (χ2n) is 6.74. The van der Waals surface area contributed by atoms with Crippen LogP contribution in [-0.4, -0.2) is 32.6 Å². The molecule has 0 unspecified atom stereocenters. The molecular formula is C18H20BrN5.